The molecule has 0 aliphatic carbocycles. The van der Waals surface area contributed by atoms with Crippen molar-refractivity contribution in [1.29, 1.82) is 0 Å². The minimum absolute atomic E-state index is 0. The Hall–Kier alpha value is -0.690. The third kappa shape index (κ3) is 4.14. The van der Waals surface area contributed by atoms with Crippen molar-refractivity contribution in [3.8, 4) is 0 Å². The van der Waals surface area contributed by atoms with Crippen molar-refractivity contribution in [2.24, 2.45) is 10.9 Å². The van der Waals surface area contributed by atoms with Crippen molar-refractivity contribution in [3.05, 3.63) is 11.9 Å². The molecule has 0 bridgehead atoms. The molecule has 0 aromatic carbocycles. The van der Waals surface area contributed by atoms with Crippen LogP contribution in [0.3, 0.4) is 0 Å². The van der Waals surface area contributed by atoms with Crippen molar-refractivity contribution in [2.45, 2.75) is 13.3 Å². The molecular weight excluding hydrogens is 259 g/mol. The maximum Gasteiger partial charge on any atom is 1.00 e. The summed E-state index contributed by atoms with van der Waals surface area (Å²) >= 11 is 0. The third-order valence-electron chi connectivity index (χ3n) is 3.09. The summed E-state index contributed by atoms with van der Waals surface area (Å²) in [6.45, 7) is 3.99. The Morgan fingerprint density at radius 3 is 2.68 bits per heavy atom. The molecule has 1 saturated heterocycles. The van der Waals surface area contributed by atoms with Gasteiger partial charge in [0.05, 0.1) is 13.2 Å². The molecule has 19 heavy (non-hydrogen) atoms. The summed E-state index contributed by atoms with van der Waals surface area (Å²) in [7, 11) is 0. The number of aliphatic carboxylic acids is 1. The van der Waals surface area contributed by atoms with Crippen LogP contribution in [-0.4, -0.2) is 48.7 Å². The topological polar surface area (TPSA) is 82.0 Å². The number of allylic oxidation sites excluding steroid dienone is 1. The van der Waals surface area contributed by atoms with Gasteiger partial charge in [-0.3, -0.25) is 4.79 Å². The molecule has 0 spiro atoms. The summed E-state index contributed by atoms with van der Waals surface area (Å²) in [5.41, 5.74) is 0.365. The van der Waals surface area contributed by atoms with Gasteiger partial charge in [-0.1, -0.05) is 6.92 Å². The maximum absolute atomic E-state index is 11.6. The Morgan fingerprint density at radius 2 is 2.11 bits per heavy atom. The number of carboxylic acids is 1. The Morgan fingerprint density at radius 1 is 1.47 bits per heavy atom. The first kappa shape index (κ1) is 16.4. The monoisotopic (exact) mass is 274 g/mol. The van der Waals surface area contributed by atoms with Crippen LogP contribution in [0.2, 0.25) is 0 Å². The minimum Gasteiger partial charge on any atom is -0.549 e. The number of morpholine rings is 1. The van der Waals surface area contributed by atoms with Crippen LogP contribution < -0.4 is 34.7 Å². The zero-order valence-corrected chi connectivity index (χ0v) is 13.2. The Kier molecular flexibility index (Phi) is 6.19. The number of rotatable bonds is 3. The first-order valence-electron chi connectivity index (χ1n) is 5.93. The molecule has 0 aromatic rings. The number of hydrogen-bond donors (Lipinski definition) is 0. The normalized spacial score (nSPS) is 21.1. The number of nitrogens with zero attached hydrogens (tertiary/aromatic N) is 2. The van der Waals surface area contributed by atoms with E-state index < -0.39 is 11.9 Å². The van der Waals surface area contributed by atoms with E-state index in [0.717, 1.165) is 0 Å². The molecule has 1 unspecified atom stereocenters. The van der Waals surface area contributed by atoms with Gasteiger partial charge in [0.2, 0.25) is 0 Å². The summed E-state index contributed by atoms with van der Waals surface area (Å²) < 4.78 is 5.22. The molecule has 0 N–H and O–H groups in total. The van der Waals surface area contributed by atoms with Crippen LogP contribution in [0.15, 0.2) is 16.9 Å². The predicted octanol–water partition coefficient (Wildman–Crippen LogP) is -4.04. The largest absolute Gasteiger partial charge is 1.00 e. The molecule has 1 fully saturated rings. The first-order chi connectivity index (χ1) is 8.58. The molecule has 7 heteroatoms. The van der Waals surface area contributed by atoms with Gasteiger partial charge in [-0.15, -0.1) is 0 Å². The average Bonchev–Trinajstić information content (AvgIpc) is 2.38. The van der Waals surface area contributed by atoms with E-state index in [0.29, 0.717) is 37.8 Å². The van der Waals surface area contributed by atoms with Gasteiger partial charge in [-0.25, -0.2) is 4.99 Å². The van der Waals surface area contributed by atoms with E-state index in [-0.39, 0.29) is 41.8 Å². The van der Waals surface area contributed by atoms with Crippen molar-refractivity contribution in [2.75, 3.05) is 26.3 Å². The second-order valence-electron chi connectivity index (χ2n) is 4.39. The maximum atomic E-state index is 11.6. The average molecular weight is 274 g/mol. The molecule has 0 amide bonds. The van der Waals surface area contributed by atoms with Gasteiger partial charge in [0.25, 0.3) is 0 Å². The quantitative estimate of drug-likeness (QED) is 0.489. The Labute approximate surface area is 133 Å². The zero-order chi connectivity index (χ0) is 13.1. The van der Waals surface area contributed by atoms with Gasteiger partial charge < -0.3 is 19.5 Å². The van der Waals surface area contributed by atoms with Crippen LogP contribution in [0.1, 0.15) is 13.3 Å². The second-order valence-corrected chi connectivity index (χ2v) is 4.39. The smallest absolute Gasteiger partial charge is 0.549 e. The fraction of sp³-hybridized carbons (Fsp3) is 0.583. The van der Waals surface area contributed by atoms with E-state index in [1.807, 2.05) is 4.90 Å². The third-order valence-corrected chi connectivity index (χ3v) is 3.09. The van der Waals surface area contributed by atoms with Gasteiger partial charge in [0, 0.05) is 43.2 Å². The second kappa shape index (κ2) is 7.19. The Balaban J connectivity index is 0.00000180. The number of aliphatic imine (C=N–C) groups is 1. The minimum atomic E-state index is -1.20. The van der Waals surface area contributed by atoms with Crippen LogP contribution in [0.5, 0.6) is 0 Å². The van der Waals surface area contributed by atoms with E-state index in [1.165, 1.54) is 13.0 Å². The molecule has 2 rings (SSSR count). The molecule has 0 aromatic heterocycles. The number of hydrogen-bond acceptors (Lipinski definition) is 6. The number of ether oxygens (including phenoxy) is 1. The number of carbonyl (C=O) groups excluding carboxylic acids is 2. The molecule has 98 valence electrons. The van der Waals surface area contributed by atoms with Crippen molar-refractivity contribution >= 4 is 17.5 Å². The number of ketones is 1. The van der Waals surface area contributed by atoms with Crippen LogP contribution in [-0.2, 0) is 14.3 Å². The van der Waals surface area contributed by atoms with Crippen LogP contribution in [0, 0.1) is 5.92 Å². The zero-order valence-electron chi connectivity index (χ0n) is 11.2. The van der Waals surface area contributed by atoms with Gasteiger partial charge in [-0.05, 0) is 0 Å². The van der Waals surface area contributed by atoms with Gasteiger partial charge in [0.15, 0.2) is 5.78 Å². The fourth-order valence-corrected chi connectivity index (χ4v) is 1.93. The summed E-state index contributed by atoms with van der Waals surface area (Å²) in [6, 6.07) is 0. The summed E-state index contributed by atoms with van der Waals surface area (Å²) in [6.07, 6.45) is 1.53. The first-order valence-corrected chi connectivity index (χ1v) is 5.93. The molecule has 0 radical (unpaired) electrons. The Bertz CT molecular complexity index is 427. The molecule has 6 nitrogen and oxygen atoms in total. The summed E-state index contributed by atoms with van der Waals surface area (Å²) in [5.74, 6) is -1.62. The SMILES string of the molecule is CC(C(=O)[O-])C1=NC(N2CCOCC2)=CC(=O)C1.[Na+]. The standard InChI is InChI=1S/C12H16N2O4.Na/c1-8(12(16)17)10-6-9(15)7-11(13-10)14-2-4-18-5-3-14;/h7-8H,2-6H2,1H3,(H,16,17);/q;+1/p-1. The molecule has 0 saturated carbocycles. The molecule has 2 aliphatic rings. The molecule has 1 atom stereocenters. The van der Waals surface area contributed by atoms with Crippen LogP contribution >= 0.6 is 0 Å². The van der Waals surface area contributed by atoms with Gasteiger partial charge in [-0.2, -0.15) is 0 Å². The van der Waals surface area contributed by atoms with E-state index in [4.69, 9.17) is 4.74 Å². The van der Waals surface area contributed by atoms with Crippen molar-refractivity contribution in [1.82, 2.24) is 4.90 Å². The summed E-state index contributed by atoms with van der Waals surface area (Å²) in [5, 5.41) is 10.8. The van der Waals surface area contributed by atoms with Crippen LogP contribution in [0.4, 0.5) is 0 Å². The van der Waals surface area contributed by atoms with E-state index >= 15 is 0 Å². The van der Waals surface area contributed by atoms with Crippen molar-refractivity contribution in [3.63, 3.8) is 0 Å². The van der Waals surface area contributed by atoms with Crippen LogP contribution in [0.25, 0.3) is 0 Å². The van der Waals surface area contributed by atoms with Gasteiger partial charge in [0.1, 0.15) is 5.82 Å². The molecule has 2 aliphatic heterocycles. The molecular formula is C12H15N2NaO4. The van der Waals surface area contributed by atoms with E-state index in [9.17, 15) is 14.7 Å². The molecule has 2 heterocycles. The van der Waals surface area contributed by atoms with Crippen molar-refractivity contribution < 1.29 is 49.0 Å². The van der Waals surface area contributed by atoms with Gasteiger partial charge >= 0.3 is 29.6 Å². The fourth-order valence-electron chi connectivity index (χ4n) is 1.93. The predicted molar refractivity (Wildman–Crippen MR) is 61.7 cm³/mol. The number of carbonyl (C=O) groups is 2. The summed E-state index contributed by atoms with van der Waals surface area (Å²) in [4.78, 5) is 28.7. The van der Waals surface area contributed by atoms with E-state index in [1.54, 1.807) is 0 Å². The number of carboxylic acid groups (broad SMARTS) is 1. The van der Waals surface area contributed by atoms with E-state index in [2.05, 4.69) is 4.99 Å².